The molecule has 1 aliphatic heterocycles. The number of fused-ring (bicyclic) bond motifs is 1. The monoisotopic (exact) mass is 683 g/mol. The maximum atomic E-state index is 14.1. The Balaban J connectivity index is 1.63. The van der Waals surface area contributed by atoms with E-state index >= 15 is 0 Å². The summed E-state index contributed by atoms with van der Waals surface area (Å²) in [4.78, 5) is 47.0. The number of carbonyl (C=O) groups excluding carboxylic acids is 3. The van der Waals surface area contributed by atoms with Crippen molar-refractivity contribution in [1.82, 2.24) is 25.8 Å². The average molecular weight is 684 g/mol. The smallest absolute Gasteiger partial charge is 0.253 e. The molecule has 4 rings (SSSR count). The number of piperidine rings is 1. The van der Waals surface area contributed by atoms with Gasteiger partial charge in [0.05, 0.1) is 28.5 Å². The first-order valence-corrected chi connectivity index (χ1v) is 18.8. The van der Waals surface area contributed by atoms with Crippen molar-refractivity contribution in [3.63, 3.8) is 0 Å². The number of benzene rings is 1. The molecule has 3 amide bonds. The van der Waals surface area contributed by atoms with Crippen LogP contribution < -0.4 is 16.0 Å². The number of hydrogen-bond donors (Lipinski definition) is 4. The molecule has 1 saturated carbocycles. The lowest BCUT2D eigenvalue weighted by molar-refractivity contribution is -0.133. The molecule has 264 valence electrons. The first kappa shape index (κ1) is 37.5. The molecule has 1 saturated heterocycles. The van der Waals surface area contributed by atoms with Gasteiger partial charge in [-0.2, -0.15) is 0 Å². The van der Waals surface area contributed by atoms with E-state index in [1.807, 2.05) is 51.1 Å². The first-order chi connectivity index (χ1) is 22.5. The molecule has 0 bridgehead atoms. The van der Waals surface area contributed by atoms with Crippen LogP contribution >= 0.6 is 0 Å². The molecule has 0 radical (unpaired) electrons. The van der Waals surface area contributed by atoms with Crippen LogP contribution in [0.3, 0.4) is 0 Å². The SMILES string of the molecule is CC(C)(C)NC(=O)C1CC2CCCCC2CN1CC(O)C(Cc1ccccc1)NC(=O)C(NC(=O)c1cccnc1)C(C)(C)S(C)(=O)=O. The highest BCUT2D eigenvalue weighted by molar-refractivity contribution is 7.92. The lowest BCUT2D eigenvalue weighted by Gasteiger charge is -2.47. The molecule has 11 nitrogen and oxygen atoms in total. The molecule has 0 spiro atoms. The van der Waals surface area contributed by atoms with Gasteiger partial charge in [-0.25, -0.2) is 8.42 Å². The summed E-state index contributed by atoms with van der Waals surface area (Å²) in [5, 5.41) is 20.6. The lowest BCUT2D eigenvalue weighted by atomic mass is 9.72. The summed E-state index contributed by atoms with van der Waals surface area (Å²) in [5.41, 5.74) is 0.607. The van der Waals surface area contributed by atoms with Crippen molar-refractivity contribution in [2.75, 3.05) is 19.3 Å². The van der Waals surface area contributed by atoms with E-state index in [-0.39, 0.29) is 24.4 Å². The van der Waals surface area contributed by atoms with Gasteiger partial charge in [0.15, 0.2) is 9.84 Å². The van der Waals surface area contributed by atoms with Gasteiger partial charge in [-0.05, 0) is 83.4 Å². The van der Waals surface area contributed by atoms with Crippen molar-refractivity contribution in [3.8, 4) is 0 Å². The van der Waals surface area contributed by atoms with Crippen molar-refractivity contribution in [2.45, 2.75) is 108 Å². The van der Waals surface area contributed by atoms with E-state index < -0.39 is 56.2 Å². The Morgan fingerprint density at radius 3 is 2.25 bits per heavy atom. The maximum absolute atomic E-state index is 14.1. The molecule has 48 heavy (non-hydrogen) atoms. The molecule has 2 aliphatic rings. The molecular weight excluding hydrogens is 630 g/mol. The Labute approximate surface area is 285 Å². The molecule has 2 aromatic rings. The Morgan fingerprint density at radius 1 is 0.979 bits per heavy atom. The van der Waals surface area contributed by atoms with E-state index in [1.165, 1.54) is 32.3 Å². The normalized spacial score (nSPS) is 22.4. The van der Waals surface area contributed by atoms with E-state index in [4.69, 9.17) is 0 Å². The van der Waals surface area contributed by atoms with Crippen LogP contribution in [0, 0.1) is 11.8 Å². The van der Waals surface area contributed by atoms with Crippen molar-refractivity contribution >= 4 is 27.6 Å². The van der Waals surface area contributed by atoms with Gasteiger partial charge < -0.3 is 21.1 Å². The van der Waals surface area contributed by atoms with Gasteiger partial charge in [-0.3, -0.25) is 24.3 Å². The van der Waals surface area contributed by atoms with Gasteiger partial charge in [-0.1, -0.05) is 49.6 Å². The van der Waals surface area contributed by atoms with Gasteiger partial charge >= 0.3 is 0 Å². The predicted molar refractivity (Wildman–Crippen MR) is 186 cm³/mol. The highest BCUT2D eigenvalue weighted by Crippen LogP contribution is 2.39. The number of carbonyl (C=O) groups is 3. The number of nitrogens with zero attached hydrogens (tertiary/aromatic N) is 2. The van der Waals surface area contributed by atoms with Gasteiger partial charge in [0.25, 0.3) is 5.91 Å². The molecule has 2 heterocycles. The highest BCUT2D eigenvalue weighted by Gasteiger charge is 2.46. The van der Waals surface area contributed by atoms with Crippen LogP contribution in [0.25, 0.3) is 0 Å². The van der Waals surface area contributed by atoms with Crippen LogP contribution in [0.1, 0.15) is 82.6 Å². The Hall–Kier alpha value is -3.35. The number of amides is 3. The third-order valence-corrected chi connectivity index (χ3v) is 12.1. The minimum atomic E-state index is -3.86. The number of sulfone groups is 1. The van der Waals surface area contributed by atoms with E-state index in [1.54, 1.807) is 6.07 Å². The fourth-order valence-corrected chi connectivity index (χ4v) is 7.49. The third-order valence-electron chi connectivity index (χ3n) is 9.93. The number of pyridine rings is 1. The van der Waals surface area contributed by atoms with Crippen LogP contribution in [0.2, 0.25) is 0 Å². The largest absolute Gasteiger partial charge is 0.390 e. The van der Waals surface area contributed by atoms with Gasteiger partial charge in [0.2, 0.25) is 11.8 Å². The summed E-state index contributed by atoms with van der Waals surface area (Å²) < 4.78 is 24.2. The summed E-state index contributed by atoms with van der Waals surface area (Å²) >= 11 is 0. The van der Waals surface area contributed by atoms with E-state index in [0.717, 1.165) is 37.5 Å². The Kier molecular flexibility index (Phi) is 12.1. The molecule has 12 heteroatoms. The number of rotatable bonds is 12. The minimum Gasteiger partial charge on any atom is -0.390 e. The minimum absolute atomic E-state index is 0.0737. The van der Waals surface area contributed by atoms with Gasteiger partial charge in [-0.15, -0.1) is 0 Å². The fraction of sp³-hybridized carbons (Fsp3) is 0.611. The van der Waals surface area contributed by atoms with Gasteiger partial charge in [0, 0.05) is 37.3 Å². The number of β-amino-alcohol motifs (C(OH)–C–C–N with tert-alkyl or cyclic N) is 1. The van der Waals surface area contributed by atoms with Crippen LogP contribution in [-0.4, -0.2) is 95.0 Å². The molecule has 4 N–H and O–H groups in total. The van der Waals surface area contributed by atoms with Crippen LogP contribution in [-0.2, 0) is 25.8 Å². The average Bonchev–Trinajstić information content (AvgIpc) is 3.02. The standard InChI is InChI=1S/C36H53N5O6S/c1-35(2,3)40-33(44)29-20-25-15-10-11-16-27(25)22-41(29)23-30(42)28(19-24-13-8-7-9-14-24)38-34(45)31(36(4,5)48(6,46)47)39-32(43)26-17-12-18-37-21-26/h7-9,12-14,17-18,21,25,27-31,42H,10-11,15-16,19-20,22-23H2,1-6H3,(H,38,45)(H,39,43)(H,40,44). The van der Waals surface area contributed by atoms with Gasteiger partial charge in [0.1, 0.15) is 6.04 Å². The molecule has 6 atom stereocenters. The lowest BCUT2D eigenvalue weighted by Crippen LogP contribution is -2.64. The predicted octanol–water partition coefficient (Wildman–Crippen LogP) is 2.89. The molecule has 2 fully saturated rings. The second-order valence-electron chi connectivity index (χ2n) is 15.1. The summed E-state index contributed by atoms with van der Waals surface area (Å²) in [6.45, 7) is 9.43. The van der Waals surface area contributed by atoms with Crippen molar-refractivity contribution in [1.29, 1.82) is 0 Å². The molecule has 6 unspecified atom stereocenters. The van der Waals surface area contributed by atoms with Crippen LogP contribution in [0.15, 0.2) is 54.9 Å². The van der Waals surface area contributed by atoms with Crippen molar-refractivity contribution < 1.29 is 27.9 Å². The number of aliphatic hydroxyl groups is 1. The van der Waals surface area contributed by atoms with E-state index in [9.17, 15) is 27.9 Å². The number of hydrogen-bond acceptors (Lipinski definition) is 8. The quantitative estimate of drug-likeness (QED) is 0.266. The summed E-state index contributed by atoms with van der Waals surface area (Å²) in [7, 11) is -3.86. The van der Waals surface area contributed by atoms with Crippen LogP contribution in [0.5, 0.6) is 0 Å². The number of aromatic nitrogens is 1. The number of likely N-dealkylation sites (tertiary alicyclic amines) is 1. The second-order valence-corrected chi connectivity index (χ2v) is 17.7. The highest BCUT2D eigenvalue weighted by atomic mass is 32.2. The molecule has 1 aromatic heterocycles. The Morgan fingerprint density at radius 2 is 1.65 bits per heavy atom. The first-order valence-electron chi connectivity index (χ1n) is 16.9. The van der Waals surface area contributed by atoms with E-state index in [2.05, 4.69) is 25.8 Å². The summed E-state index contributed by atoms with van der Waals surface area (Å²) in [6, 6.07) is 9.70. The summed E-state index contributed by atoms with van der Waals surface area (Å²) in [5.74, 6) is -0.589. The number of aliphatic hydroxyl groups excluding tert-OH is 1. The van der Waals surface area contributed by atoms with E-state index in [0.29, 0.717) is 24.8 Å². The van der Waals surface area contributed by atoms with Crippen LogP contribution in [0.4, 0.5) is 0 Å². The maximum Gasteiger partial charge on any atom is 0.253 e. The second kappa shape index (κ2) is 15.5. The third kappa shape index (κ3) is 9.63. The number of nitrogens with one attached hydrogen (secondary N) is 3. The zero-order chi connectivity index (χ0) is 35.3. The fourth-order valence-electron chi connectivity index (χ4n) is 6.89. The topological polar surface area (TPSA) is 158 Å². The molecular formula is C36H53N5O6S. The zero-order valence-electron chi connectivity index (χ0n) is 29.1. The zero-order valence-corrected chi connectivity index (χ0v) is 29.9. The molecule has 1 aromatic carbocycles. The molecule has 1 aliphatic carbocycles. The summed E-state index contributed by atoms with van der Waals surface area (Å²) in [6.07, 6.45) is 8.17. The van der Waals surface area contributed by atoms with Crippen molar-refractivity contribution in [3.05, 3.63) is 66.0 Å². The Bertz CT molecular complexity index is 1510. The van der Waals surface area contributed by atoms with Crippen molar-refractivity contribution in [2.24, 2.45) is 11.8 Å².